The Labute approximate surface area is 184 Å². The highest BCUT2D eigenvalue weighted by molar-refractivity contribution is 7.19. The Bertz CT molecular complexity index is 1370. The number of benzene rings is 3. The van der Waals surface area contributed by atoms with Gasteiger partial charge in [-0.1, -0.05) is 84.1 Å². The number of nitrogens with one attached hydrogen (secondary N) is 1. The average Bonchev–Trinajstić information content (AvgIpc) is 3.40. The van der Waals surface area contributed by atoms with Gasteiger partial charge in [0.1, 0.15) is 0 Å². The molecule has 5 nitrogen and oxygen atoms in total. The van der Waals surface area contributed by atoms with Gasteiger partial charge in [-0.25, -0.2) is 9.97 Å². The Morgan fingerprint density at radius 3 is 2.55 bits per heavy atom. The molecule has 2 aromatic heterocycles. The highest BCUT2D eigenvalue weighted by Crippen LogP contribution is 2.38. The molecule has 152 valence electrons. The Balaban J connectivity index is 1.42. The summed E-state index contributed by atoms with van der Waals surface area (Å²) in [7, 11) is 1.95. The van der Waals surface area contributed by atoms with Crippen molar-refractivity contribution in [2.24, 2.45) is 7.05 Å². The van der Waals surface area contributed by atoms with Gasteiger partial charge in [-0.3, -0.25) is 4.79 Å². The summed E-state index contributed by atoms with van der Waals surface area (Å²) >= 11 is 1.44. The second kappa shape index (κ2) is 8.16. The Morgan fingerprint density at radius 1 is 1.00 bits per heavy atom. The number of imidazole rings is 1. The van der Waals surface area contributed by atoms with Crippen molar-refractivity contribution in [3.8, 4) is 22.0 Å². The number of amides is 1. The second-order valence-corrected chi connectivity index (χ2v) is 8.33. The smallest absolute Gasteiger partial charge is 0.230 e. The maximum absolute atomic E-state index is 12.8. The quantitative estimate of drug-likeness (QED) is 0.403. The van der Waals surface area contributed by atoms with Gasteiger partial charge < -0.3 is 9.88 Å². The van der Waals surface area contributed by atoms with Crippen LogP contribution in [0.3, 0.4) is 0 Å². The summed E-state index contributed by atoms with van der Waals surface area (Å²) in [5, 5.41) is 5.85. The highest BCUT2D eigenvalue weighted by atomic mass is 32.1. The van der Waals surface area contributed by atoms with Gasteiger partial charge in [-0.05, 0) is 16.3 Å². The molecule has 1 N–H and O–H groups in total. The molecule has 0 saturated carbocycles. The minimum atomic E-state index is -0.0879. The maximum atomic E-state index is 12.8. The van der Waals surface area contributed by atoms with Crippen LogP contribution in [0.1, 0.15) is 5.56 Å². The van der Waals surface area contributed by atoms with E-state index in [1.54, 1.807) is 6.20 Å². The van der Waals surface area contributed by atoms with Gasteiger partial charge in [-0.2, -0.15) is 0 Å². The van der Waals surface area contributed by atoms with Crippen LogP contribution in [0.25, 0.3) is 32.7 Å². The summed E-state index contributed by atoms with van der Waals surface area (Å²) in [6.45, 7) is 0. The van der Waals surface area contributed by atoms with Crippen LogP contribution in [0, 0.1) is 0 Å². The van der Waals surface area contributed by atoms with Crippen molar-refractivity contribution in [3.05, 3.63) is 90.8 Å². The van der Waals surface area contributed by atoms with Gasteiger partial charge in [0.15, 0.2) is 11.0 Å². The maximum Gasteiger partial charge on any atom is 0.230 e. The number of aryl methyl sites for hydroxylation is 1. The van der Waals surface area contributed by atoms with Crippen molar-refractivity contribution in [2.45, 2.75) is 6.42 Å². The van der Waals surface area contributed by atoms with E-state index in [0.29, 0.717) is 11.6 Å². The van der Waals surface area contributed by atoms with Crippen molar-refractivity contribution in [3.63, 3.8) is 0 Å². The zero-order valence-electron chi connectivity index (χ0n) is 16.9. The van der Waals surface area contributed by atoms with Gasteiger partial charge in [0.25, 0.3) is 0 Å². The van der Waals surface area contributed by atoms with Crippen molar-refractivity contribution in [1.29, 1.82) is 0 Å². The number of carbonyl (C=O) groups is 1. The van der Waals surface area contributed by atoms with Crippen LogP contribution >= 0.6 is 11.3 Å². The molecular weight excluding hydrogens is 404 g/mol. The summed E-state index contributed by atoms with van der Waals surface area (Å²) in [4.78, 5) is 22.9. The van der Waals surface area contributed by atoms with Gasteiger partial charge in [0.05, 0.1) is 17.0 Å². The largest absolute Gasteiger partial charge is 0.333 e. The molecule has 0 fully saturated rings. The molecule has 2 heterocycles. The molecule has 6 heteroatoms. The van der Waals surface area contributed by atoms with Crippen molar-refractivity contribution in [2.75, 3.05) is 5.32 Å². The number of nitrogens with zero attached hydrogens (tertiary/aromatic N) is 3. The summed E-state index contributed by atoms with van der Waals surface area (Å²) in [6.07, 6.45) is 3.96. The van der Waals surface area contributed by atoms with Gasteiger partial charge in [-0.15, -0.1) is 0 Å². The number of fused-ring (bicyclic) bond motifs is 1. The van der Waals surface area contributed by atoms with Crippen LogP contribution in [0.5, 0.6) is 0 Å². The number of hydrogen-bond acceptors (Lipinski definition) is 4. The molecule has 0 unspecified atom stereocenters. The third-order valence-electron chi connectivity index (χ3n) is 5.12. The molecule has 5 rings (SSSR count). The first-order valence-corrected chi connectivity index (χ1v) is 10.8. The van der Waals surface area contributed by atoms with Gasteiger partial charge in [0, 0.05) is 25.0 Å². The Hall–Kier alpha value is -3.77. The fourth-order valence-electron chi connectivity index (χ4n) is 3.60. The third-order valence-corrected chi connectivity index (χ3v) is 6.09. The standard InChI is InChI=1S/C25H20N4OS/c1-29-14-13-26-24(29)23-22(19-8-3-2-4-9-19)28-25(31-23)27-21(30)16-17-11-12-18-7-5-6-10-20(18)15-17/h2-15H,16H2,1H3,(H,27,28,30). The lowest BCUT2D eigenvalue weighted by Crippen LogP contribution is -2.14. The number of aromatic nitrogens is 3. The minimum Gasteiger partial charge on any atom is -0.333 e. The number of rotatable bonds is 5. The molecule has 0 aliphatic carbocycles. The lowest BCUT2D eigenvalue weighted by Gasteiger charge is -2.04. The lowest BCUT2D eigenvalue weighted by molar-refractivity contribution is -0.115. The molecule has 31 heavy (non-hydrogen) atoms. The average molecular weight is 425 g/mol. The first-order chi connectivity index (χ1) is 15.2. The van der Waals surface area contributed by atoms with E-state index in [1.807, 2.05) is 72.4 Å². The van der Waals surface area contributed by atoms with Crippen LogP contribution in [-0.2, 0) is 18.3 Å². The van der Waals surface area contributed by atoms with Crippen molar-refractivity contribution in [1.82, 2.24) is 14.5 Å². The fourth-order valence-corrected chi connectivity index (χ4v) is 4.64. The molecule has 3 aromatic carbocycles. The molecule has 0 saturated heterocycles. The molecule has 1 amide bonds. The number of carbonyl (C=O) groups excluding carboxylic acids is 1. The topological polar surface area (TPSA) is 59.8 Å². The van der Waals surface area contributed by atoms with E-state index in [1.165, 1.54) is 16.7 Å². The molecule has 0 spiro atoms. The van der Waals surface area contributed by atoms with E-state index in [9.17, 15) is 4.79 Å². The summed E-state index contributed by atoms with van der Waals surface area (Å²) in [5.74, 6) is 0.737. The molecule has 0 bridgehead atoms. The number of hydrogen-bond donors (Lipinski definition) is 1. The van der Waals surface area contributed by atoms with Crippen LogP contribution in [0.2, 0.25) is 0 Å². The SMILES string of the molecule is Cn1ccnc1-c1sc(NC(=O)Cc2ccc3ccccc3c2)nc1-c1ccccc1. The van der Waals surface area contributed by atoms with Crippen LogP contribution in [-0.4, -0.2) is 20.4 Å². The molecule has 0 atom stereocenters. The van der Waals surface area contributed by atoms with Crippen LogP contribution < -0.4 is 5.32 Å². The second-order valence-electron chi connectivity index (χ2n) is 7.33. The lowest BCUT2D eigenvalue weighted by atomic mass is 10.1. The van der Waals surface area contributed by atoms with E-state index >= 15 is 0 Å². The summed E-state index contributed by atoms with van der Waals surface area (Å²) in [6, 6.07) is 24.2. The molecular formula is C25H20N4OS. The number of thiazole rings is 1. The normalized spacial score (nSPS) is 11.0. The molecule has 0 aliphatic rings. The monoisotopic (exact) mass is 424 g/mol. The minimum absolute atomic E-state index is 0.0879. The Morgan fingerprint density at radius 2 is 1.77 bits per heavy atom. The van der Waals surface area contributed by atoms with Crippen molar-refractivity contribution >= 4 is 33.1 Å². The van der Waals surface area contributed by atoms with Crippen LogP contribution in [0.4, 0.5) is 5.13 Å². The zero-order valence-corrected chi connectivity index (χ0v) is 17.8. The van der Waals surface area contributed by atoms with Gasteiger partial charge >= 0.3 is 0 Å². The van der Waals surface area contributed by atoms with E-state index in [4.69, 9.17) is 4.98 Å². The zero-order chi connectivity index (χ0) is 21.2. The van der Waals surface area contributed by atoms with Crippen molar-refractivity contribution < 1.29 is 4.79 Å². The first kappa shape index (κ1) is 19.2. The molecule has 0 radical (unpaired) electrons. The van der Waals surface area contributed by atoms with Gasteiger partial charge in [0.2, 0.25) is 5.91 Å². The van der Waals surface area contributed by atoms with E-state index in [2.05, 4.69) is 28.5 Å². The van der Waals surface area contributed by atoms with E-state index < -0.39 is 0 Å². The van der Waals surface area contributed by atoms with Crippen LogP contribution in [0.15, 0.2) is 85.2 Å². The van der Waals surface area contributed by atoms with E-state index in [-0.39, 0.29) is 5.91 Å². The molecule has 0 aliphatic heterocycles. The Kier molecular flexibility index (Phi) is 5.06. The predicted octanol–water partition coefficient (Wildman–Crippen LogP) is 5.55. The summed E-state index contributed by atoms with van der Waals surface area (Å²) in [5.41, 5.74) is 2.79. The van der Waals surface area contributed by atoms with E-state index in [0.717, 1.165) is 32.9 Å². The fraction of sp³-hybridized carbons (Fsp3) is 0.0800. The molecule has 5 aromatic rings. The third kappa shape index (κ3) is 3.98. The first-order valence-electron chi connectivity index (χ1n) is 9.99. The highest BCUT2D eigenvalue weighted by Gasteiger charge is 2.19. The summed E-state index contributed by atoms with van der Waals surface area (Å²) < 4.78 is 1.96. The number of anilines is 1. The predicted molar refractivity (Wildman–Crippen MR) is 126 cm³/mol.